The number of aromatic nitrogens is 3. The zero-order valence-electron chi connectivity index (χ0n) is 13.4. The second-order valence-electron chi connectivity index (χ2n) is 5.12. The van der Waals surface area contributed by atoms with Gasteiger partial charge in [0.2, 0.25) is 5.90 Å². The lowest BCUT2D eigenvalue weighted by molar-refractivity contribution is -0.133. The van der Waals surface area contributed by atoms with E-state index in [9.17, 15) is 4.79 Å². The highest BCUT2D eigenvalue weighted by Crippen LogP contribution is 2.29. The molecule has 120 valence electrons. The molecule has 2 aromatic carbocycles. The summed E-state index contributed by atoms with van der Waals surface area (Å²) in [6.07, 6.45) is 0. The minimum Gasteiger partial charge on any atom is -0.410 e. The first-order valence-corrected chi connectivity index (χ1v) is 7.45. The van der Waals surface area contributed by atoms with E-state index in [1.165, 1.54) is 11.7 Å². The van der Waals surface area contributed by atoms with E-state index in [2.05, 4.69) is 15.4 Å². The maximum absolute atomic E-state index is 11.1. The SMILES string of the molecule is CC(=O)O/C(C)=N/n1nnc(-c2ccccc2)c1-c1ccccc1. The van der Waals surface area contributed by atoms with Crippen molar-refractivity contribution in [3.05, 3.63) is 60.7 Å². The summed E-state index contributed by atoms with van der Waals surface area (Å²) < 4.78 is 4.98. The molecule has 6 heteroatoms. The molecule has 1 heterocycles. The Morgan fingerprint density at radius 2 is 1.54 bits per heavy atom. The minimum absolute atomic E-state index is 0.198. The van der Waals surface area contributed by atoms with Crippen LogP contribution in [0.3, 0.4) is 0 Å². The molecule has 6 nitrogen and oxygen atoms in total. The van der Waals surface area contributed by atoms with Crippen molar-refractivity contribution in [3.8, 4) is 22.5 Å². The van der Waals surface area contributed by atoms with Crippen molar-refractivity contribution in [2.75, 3.05) is 0 Å². The summed E-state index contributed by atoms with van der Waals surface area (Å²) in [6.45, 7) is 2.92. The van der Waals surface area contributed by atoms with E-state index in [0.29, 0.717) is 5.69 Å². The second kappa shape index (κ2) is 6.87. The van der Waals surface area contributed by atoms with Crippen molar-refractivity contribution in [1.82, 2.24) is 15.1 Å². The molecule has 24 heavy (non-hydrogen) atoms. The van der Waals surface area contributed by atoms with Crippen molar-refractivity contribution in [3.63, 3.8) is 0 Å². The van der Waals surface area contributed by atoms with Crippen molar-refractivity contribution >= 4 is 11.9 Å². The molecule has 1 aromatic heterocycles. The summed E-state index contributed by atoms with van der Waals surface area (Å²) in [5.41, 5.74) is 3.29. The number of carbonyl (C=O) groups is 1. The number of benzene rings is 2. The third kappa shape index (κ3) is 3.38. The highest BCUT2D eigenvalue weighted by atomic mass is 16.5. The monoisotopic (exact) mass is 320 g/mol. The molecule has 3 rings (SSSR count). The van der Waals surface area contributed by atoms with Gasteiger partial charge in [-0.15, -0.1) is 15.0 Å². The van der Waals surface area contributed by atoms with Crippen LogP contribution >= 0.6 is 0 Å². The van der Waals surface area contributed by atoms with Gasteiger partial charge >= 0.3 is 5.97 Å². The molecule has 3 aromatic rings. The fraction of sp³-hybridized carbons (Fsp3) is 0.111. The van der Waals surface area contributed by atoms with Gasteiger partial charge in [0.15, 0.2) is 0 Å². The van der Waals surface area contributed by atoms with Crippen LogP contribution in [0.5, 0.6) is 0 Å². The Morgan fingerprint density at radius 1 is 0.958 bits per heavy atom. The fourth-order valence-electron chi connectivity index (χ4n) is 2.34. The largest absolute Gasteiger partial charge is 0.410 e. The molecule has 0 radical (unpaired) electrons. The maximum atomic E-state index is 11.1. The van der Waals surface area contributed by atoms with Crippen LogP contribution in [0.1, 0.15) is 13.8 Å². The molecule has 0 saturated heterocycles. The average Bonchev–Trinajstić information content (AvgIpc) is 2.99. The standard InChI is InChI=1S/C18H16N4O2/c1-13(24-14(2)23)20-22-18(16-11-7-4-8-12-16)17(19-21-22)15-9-5-3-6-10-15/h3-12H,1-2H3/b20-13+. The molecule has 0 unspecified atom stereocenters. The van der Waals surface area contributed by atoms with Gasteiger partial charge in [-0.3, -0.25) is 4.79 Å². The molecule has 0 bridgehead atoms. The van der Waals surface area contributed by atoms with Gasteiger partial charge in [-0.25, -0.2) is 0 Å². The van der Waals surface area contributed by atoms with Crippen LogP contribution in [-0.2, 0) is 9.53 Å². The summed E-state index contributed by atoms with van der Waals surface area (Å²) in [7, 11) is 0. The predicted molar refractivity (Wildman–Crippen MR) is 91.2 cm³/mol. The molecule has 0 atom stereocenters. The number of esters is 1. The molecule has 0 aliphatic carbocycles. The van der Waals surface area contributed by atoms with E-state index in [4.69, 9.17) is 4.74 Å². The fourth-order valence-corrected chi connectivity index (χ4v) is 2.34. The molecule has 0 aliphatic heterocycles. The Hall–Kier alpha value is -3.28. The number of ether oxygens (including phenoxy) is 1. The molecular weight excluding hydrogens is 304 g/mol. The molecule has 0 spiro atoms. The van der Waals surface area contributed by atoms with Gasteiger partial charge in [-0.1, -0.05) is 60.7 Å². The van der Waals surface area contributed by atoms with Gasteiger partial charge in [-0.2, -0.15) is 0 Å². The van der Waals surface area contributed by atoms with Crippen LogP contribution in [0.15, 0.2) is 65.8 Å². The Balaban J connectivity index is 2.14. The third-order valence-corrected chi connectivity index (χ3v) is 3.28. The Labute approximate surface area is 139 Å². The van der Waals surface area contributed by atoms with Crippen molar-refractivity contribution < 1.29 is 9.53 Å². The Morgan fingerprint density at radius 3 is 2.12 bits per heavy atom. The van der Waals surface area contributed by atoms with E-state index < -0.39 is 5.97 Å². The summed E-state index contributed by atoms with van der Waals surface area (Å²) in [5.74, 6) is -0.231. The number of hydrogen-bond acceptors (Lipinski definition) is 5. The van der Waals surface area contributed by atoms with E-state index in [-0.39, 0.29) is 5.90 Å². The lowest BCUT2D eigenvalue weighted by Gasteiger charge is -2.05. The molecule has 0 aliphatic rings. The quantitative estimate of drug-likeness (QED) is 0.421. The van der Waals surface area contributed by atoms with Crippen LogP contribution < -0.4 is 0 Å². The molecule has 0 N–H and O–H groups in total. The number of rotatable bonds is 3. The van der Waals surface area contributed by atoms with Crippen LogP contribution in [0.4, 0.5) is 0 Å². The Kier molecular flexibility index (Phi) is 4.47. The predicted octanol–water partition coefficient (Wildman–Crippen LogP) is 3.36. The lowest BCUT2D eigenvalue weighted by atomic mass is 10.1. The van der Waals surface area contributed by atoms with Gasteiger partial charge in [0.05, 0.1) is 0 Å². The van der Waals surface area contributed by atoms with Gasteiger partial charge in [0.25, 0.3) is 0 Å². The molecule has 0 saturated carbocycles. The normalized spacial score (nSPS) is 11.3. The van der Waals surface area contributed by atoms with Crippen molar-refractivity contribution in [2.45, 2.75) is 13.8 Å². The van der Waals surface area contributed by atoms with Gasteiger partial charge in [-0.05, 0) is 5.21 Å². The topological polar surface area (TPSA) is 69.4 Å². The van der Waals surface area contributed by atoms with Crippen LogP contribution in [0, 0.1) is 0 Å². The van der Waals surface area contributed by atoms with Crippen LogP contribution in [0.25, 0.3) is 22.5 Å². The molecule has 0 fully saturated rings. The zero-order valence-corrected chi connectivity index (χ0v) is 13.4. The number of carbonyl (C=O) groups excluding carboxylic acids is 1. The van der Waals surface area contributed by atoms with Crippen LogP contribution in [-0.4, -0.2) is 27.0 Å². The van der Waals surface area contributed by atoms with E-state index in [1.54, 1.807) is 6.92 Å². The highest BCUT2D eigenvalue weighted by Gasteiger charge is 2.17. The van der Waals surface area contributed by atoms with Gasteiger partial charge in [0, 0.05) is 25.0 Å². The molecular formula is C18H16N4O2. The average molecular weight is 320 g/mol. The lowest BCUT2D eigenvalue weighted by Crippen LogP contribution is -2.08. The van der Waals surface area contributed by atoms with E-state index in [0.717, 1.165) is 16.8 Å². The number of hydrogen-bond donors (Lipinski definition) is 0. The highest BCUT2D eigenvalue weighted by molar-refractivity contribution is 5.86. The maximum Gasteiger partial charge on any atom is 0.309 e. The first kappa shape index (κ1) is 15.6. The third-order valence-electron chi connectivity index (χ3n) is 3.28. The van der Waals surface area contributed by atoms with Crippen LogP contribution in [0.2, 0.25) is 0 Å². The zero-order chi connectivity index (χ0) is 16.9. The number of nitrogens with zero attached hydrogens (tertiary/aromatic N) is 4. The Bertz CT molecular complexity index is 871. The van der Waals surface area contributed by atoms with Gasteiger partial charge < -0.3 is 4.74 Å². The molecule has 0 amide bonds. The summed E-state index contributed by atoms with van der Waals surface area (Å²) in [4.78, 5) is 12.5. The van der Waals surface area contributed by atoms with Crippen molar-refractivity contribution in [2.24, 2.45) is 5.10 Å². The first-order valence-electron chi connectivity index (χ1n) is 7.45. The van der Waals surface area contributed by atoms with E-state index in [1.807, 2.05) is 60.7 Å². The van der Waals surface area contributed by atoms with Crippen molar-refractivity contribution in [1.29, 1.82) is 0 Å². The minimum atomic E-state index is -0.430. The summed E-state index contributed by atoms with van der Waals surface area (Å²) in [5, 5.41) is 12.6. The van der Waals surface area contributed by atoms with Gasteiger partial charge in [0.1, 0.15) is 11.4 Å². The first-order chi connectivity index (χ1) is 11.6. The van der Waals surface area contributed by atoms with E-state index >= 15 is 0 Å². The second-order valence-corrected chi connectivity index (χ2v) is 5.12. The summed E-state index contributed by atoms with van der Waals surface area (Å²) in [6, 6.07) is 19.5. The smallest absolute Gasteiger partial charge is 0.309 e. The summed E-state index contributed by atoms with van der Waals surface area (Å²) >= 11 is 0.